The fourth-order valence-electron chi connectivity index (χ4n) is 3.59. The van der Waals surface area contributed by atoms with Crippen LogP contribution in [0.15, 0.2) is 36.4 Å². The zero-order valence-corrected chi connectivity index (χ0v) is 15.7. The molecule has 1 unspecified atom stereocenters. The molecule has 5 heteroatoms. The maximum Gasteiger partial charge on any atom is 0.272 e. The minimum atomic E-state index is 0.0353. The van der Waals surface area contributed by atoms with Gasteiger partial charge in [-0.1, -0.05) is 37.3 Å². The van der Waals surface area contributed by atoms with Crippen molar-refractivity contribution in [1.29, 1.82) is 0 Å². The first kappa shape index (κ1) is 18.4. The van der Waals surface area contributed by atoms with Crippen LogP contribution in [0.25, 0.3) is 0 Å². The Hall–Kier alpha value is -2.43. The quantitative estimate of drug-likeness (QED) is 0.858. The predicted octanol–water partition coefficient (Wildman–Crippen LogP) is 3.84. The van der Waals surface area contributed by atoms with Gasteiger partial charge in [0.15, 0.2) is 0 Å². The molecule has 1 aliphatic heterocycles. The Morgan fingerprint density at radius 3 is 2.81 bits per heavy atom. The number of carbonyl (C=O) groups excluding carboxylic acids is 1. The van der Waals surface area contributed by atoms with E-state index in [4.69, 9.17) is 0 Å². The van der Waals surface area contributed by atoms with Crippen LogP contribution in [-0.4, -0.2) is 39.9 Å². The summed E-state index contributed by atoms with van der Waals surface area (Å²) < 4.78 is 0. The molecule has 138 valence electrons. The van der Waals surface area contributed by atoms with Crippen molar-refractivity contribution in [3.8, 4) is 0 Å². The normalized spacial score (nSPS) is 17.2. The summed E-state index contributed by atoms with van der Waals surface area (Å²) in [4.78, 5) is 23.8. The second-order valence-electron chi connectivity index (χ2n) is 6.90. The van der Waals surface area contributed by atoms with Gasteiger partial charge < -0.3 is 10.2 Å². The Morgan fingerprint density at radius 2 is 2.04 bits per heavy atom. The molecule has 3 rings (SSSR count). The second kappa shape index (κ2) is 8.79. The molecule has 1 aromatic heterocycles. The first-order valence-electron chi connectivity index (χ1n) is 9.62. The number of hydrogen-bond donors (Lipinski definition) is 1. The Bertz CT molecular complexity index is 732. The Kier molecular flexibility index (Phi) is 6.21. The zero-order valence-electron chi connectivity index (χ0n) is 15.7. The molecule has 5 nitrogen and oxygen atoms in total. The van der Waals surface area contributed by atoms with Gasteiger partial charge in [-0.25, -0.2) is 9.97 Å². The lowest BCUT2D eigenvalue weighted by Crippen LogP contribution is -2.43. The summed E-state index contributed by atoms with van der Waals surface area (Å²) in [5.41, 5.74) is 1.78. The highest BCUT2D eigenvalue weighted by atomic mass is 16.2. The number of nitrogens with zero attached hydrogens (tertiary/aromatic N) is 3. The highest BCUT2D eigenvalue weighted by Crippen LogP contribution is 2.22. The Morgan fingerprint density at radius 1 is 1.23 bits per heavy atom. The van der Waals surface area contributed by atoms with E-state index in [2.05, 4.69) is 34.3 Å². The van der Waals surface area contributed by atoms with E-state index < -0.39 is 0 Å². The van der Waals surface area contributed by atoms with E-state index in [0.717, 1.165) is 44.6 Å². The standard InChI is InChI=1S/C21H28N4O/c1-3-18-11-7-8-14-25(18)21(26)19-15-20(24-16(2)23-19)22-13-12-17-9-5-4-6-10-17/h4-6,9-10,15,18H,3,7-8,11-14H2,1-2H3,(H,22,23,24). The van der Waals surface area contributed by atoms with E-state index in [9.17, 15) is 4.79 Å². The number of benzene rings is 1. The number of rotatable bonds is 6. The van der Waals surface area contributed by atoms with Gasteiger partial charge in [-0.05, 0) is 44.6 Å². The van der Waals surface area contributed by atoms with Gasteiger partial charge in [0.2, 0.25) is 0 Å². The third-order valence-electron chi connectivity index (χ3n) is 4.98. The van der Waals surface area contributed by atoms with Crippen LogP contribution in [0.1, 0.15) is 54.5 Å². The van der Waals surface area contributed by atoms with Gasteiger partial charge in [-0.3, -0.25) is 4.79 Å². The fourth-order valence-corrected chi connectivity index (χ4v) is 3.59. The van der Waals surface area contributed by atoms with Crippen LogP contribution in [0.2, 0.25) is 0 Å². The van der Waals surface area contributed by atoms with Crippen molar-refractivity contribution in [3.63, 3.8) is 0 Å². The number of carbonyl (C=O) groups is 1. The van der Waals surface area contributed by atoms with Gasteiger partial charge >= 0.3 is 0 Å². The maximum atomic E-state index is 13.0. The number of piperidine rings is 1. The summed E-state index contributed by atoms with van der Waals surface area (Å²) in [6.45, 7) is 5.59. The lowest BCUT2D eigenvalue weighted by atomic mass is 9.99. The molecule has 1 N–H and O–H groups in total. The number of nitrogens with one attached hydrogen (secondary N) is 1. The van der Waals surface area contributed by atoms with Crippen molar-refractivity contribution in [2.45, 2.75) is 52.0 Å². The van der Waals surface area contributed by atoms with E-state index in [1.807, 2.05) is 30.0 Å². The molecule has 0 radical (unpaired) electrons. The number of likely N-dealkylation sites (tertiary alicyclic amines) is 1. The van der Waals surface area contributed by atoms with Crippen LogP contribution in [0.5, 0.6) is 0 Å². The number of aromatic nitrogens is 2. The van der Waals surface area contributed by atoms with E-state index in [1.54, 1.807) is 6.07 Å². The Labute approximate surface area is 155 Å². The van der Waals surface area contributed by atoms with Crippen LogP contribution in [0.3, 0.4) is 0 Å². The molecule has 2 heterocycles. The van der Waals surface area contributed by atoms with Crippen LogP contribution in [0.4, 0.5) is 5.82 Å². The van der Waals surface area contributed by atoms with Crippen molar-refractivity contribution < 1.29 is 4.79 Å². The first-order chi connectivity index (χ1) is 12.7. The predicted molar refractivity (Wildman–Crippen MR) is 104 cm³/mol. The van der Waals surface area contributed by atoms with Gasteiger partial charge in [-0.15, -0.1) is 0 Å². The summed E-state index contributed by atoms with van der Waals surface area (Å²) in [5, 5.41) is 3.34. The van der Waals surface area contributed by atoms with Crippen molar-refractivity contribution >= 4 is 11.7 Å². The molecule has 2 aromatic rings. The number of anilines is 1. The van der Waals surface area contributed by atoms with Crippen LogP contribution < -0.4 is 5.32 Å². The van der Waals surface area contributed by atoms with Gasteiger partial charge in [0.1, 0.15) is 17.3 Å². The van der Waals surface area contributed by atoms with E-state index in [-0.39, 0.29) is 5.91 Å². The molecule has 1 aromatic carbocycles. The summed E-state index contributed by atoms with van der Waals surface area (Å²) in [6, 6.07) is 12.5. The molecule has 0 spiro atoms. The van der Waals surface area contributed by atoms with Crippen molar-refractivity contribution in [2.75, 3.05) is 18.4 Å². The topological polar surface area (TPSA) is 58.1 Å². The van der Waals surface area contributed by atoms with E-state index >= 15 is 0 Å². The Balaban J connectivity index is 1.67. The largest absolute Gasteiger partial charge is 0.370 e. The zero-order chi connectivity index (χ0) is 18.4. The lowest BCUT2D eigenvalue weighted by molar-refractivity contribution is 0.0601. The van der Waals surface area contributed by atoms with Crippen LogP contribution in [-0.2, 0) is 6.42 Å². The van der Waals surface area contributed by atoms with Gasteiger partial charge in [0, 0.05) is 25.2 Å². The summed E-state index contributed by atoms with van der Waals surface area (Å²) in [5.74, 6) is 1.39. The van der Waals surface area contributed by atoms with Crippen LogP contribution >= 0.6 is 0 Å². The molecular weight excluding hydrogens is 324 g/mol. The highest BCUT2D eigenvalue weighted by molar-refractivity contribution is 5.93. The minimum absolute atomic E-state index is 0.0353. The smallest absolute Gasteiger partial charge is 0.272 e. The summed E-state index contributed by atoms with van der Waals surface area (Å²) in [6.07, 6.45) is 5.29. The number of aryl methyl sites for hydroxylation is 1. The molecule has 0 aliphatic carbocycles. The van der Waals surface area contributed by atoms with Crippen molar-refractivity contribution in [2.24, 2.45) is 0 Å². The van der Waals surface area contributed by atoms with Crippen molar-refractivity contribution in [3.05, 3.63) is 53.5 Å². The average molecular weight is 352 g/mol. The molecular formula is C21H28N4O. The molecule has 1 atom stereocenters. The molecule has 0 saturated carbocycles. The third kappa shape index (κ3) is 4.59. The van der Waals surface area contributed by atoms with Crippen molar-refractivity contribution in [1.82, 2.24) is 14.9 Å². The highest BCUT2D eigenvalue weighted by Gasteiger charge is 2.27. The van der Waals surface area contributed by atoms with E-state index in [1.165, 1.54) is 12.0 Å². The summed E-state index contributed by atoms with van der Waals surface area (Å²) >= 11 is 0. The number of hydrogen-bond acceptors (Lipinski definition) is 4. The summed E-state index contributed by atoms with van der Waals surface area (Å²) in [7, 11) is 0. The molecule has 1 fully saturated rings. The molecule has 1 aliphatic rings. The fraction of sp³-hybridized carbons (Fsp3) is 0.476. The van der Waals surface area contributed by atoms with Gasteiger partial charge in [0.25, 0.3) is 5.91 Å². The number of amides is 1. The monoisotopic (exact) mass is 352 g/mol. The van der Waals surface area contributed by atoms with Gasteiger partial charge in [-0.2, -0.15) is 0 Å². The average Bonchev–Trinajstić information content (AvgIpc) is 2.68. The van der Waals surface area contributed by atoms with Crippen LogP contribution in [0, 0.1) is 6.92 Å². The van der Waals surface area contributed by atoms with E-state index in [0.29, 0.717) is 17.6 Å². The lowest BCUT2D eigenvalue weighted by Gasteiger charge is -2.35. The SMILES string of the molecule is CCC1CCCCN1C(=O)c1cc(NCCc2ccccc2)nc(C)n1. The maximum absolute atomic E-state index is 13.0. The third-order valence-corrected chi connectivity index (χ3v) is 4.98. The molecule has 0 bridgehead atoms. The minimum Gasteiger partial charge on any atom is -0.370 e. The molecule has 26 heavy (non-hydrogen) atoms. The first-order valence-corrected chi connectivity index (χ1v) is 9.62. The second-order valence-corrected chi connectivity index (χ2v) is 6.90. The molecule has 1 amide bonds. The molecule has 1 saturated heterocycles. The van der Waals surface area contributed by atoms with Gasteiger partial charge in [0.05, 0.1) is 0 Å².